The van der Waals surface area contributed by atoms with Gasteiger partial charge in [0.1, 0.15) is 11.5 Å². The van der Waals surface area contributed by atoms with Crippen molar-refractivity contribution in [3.63, 3.8) is 0 Å². The minimum atomic E-state index is 0.855. The van der Waals surface area contributed by atoms with Gasteiger partial charge in [0.2, 0.25) is 0 Å². The largest absolute Gasteiger partial charge is 0.497 e. The molecule has 0 heterocycles. The summed E-state index contributed by atoms with van der Waals surface area (Å²) in [5.41, 5.74) is 24.3. The highest BCUT2D eigenvalue weighted by Crippen LogP contribution is 2.49. The molecule has 100 heavy (non-hydrogen) atoms. The number of rotatable bonds is 12. The van der Waals surface area contributed by atoms with E-state index in [1.807, 2.05) is 24.3 Å². The average molecular weight is 1280 g/mol. The average Bonchev–Trinajstić information content (AvgIpc) is 0.732. The van der Waals surface area contributed by atoms with Crippen LogP contribution in [0, 0.1) is 0 Å². The second-order valence-corrected chi connectivity index (χ2v) is 25.7. The maximum absolute atomic E-state index is 5.42. The zero-order valence-corrected chi connectivity index (χ0v) is 55.6. The van der Waals surface area contributed by atoms with Crippen molar-refractivity contribution >= 4 is 64.6 Å². The van der Waals surface area contributed by atoms with Crippen molar-refractivity contribution in [2.75, 3.05) is 14.2 Å². The van der Waals surface area contributed by atoms with E-state index in [1.54, 1.807) is 14.2 Å². The van der Waals surface area contributed by atoms with Crippen LogP contribution >= 0.6 is 0 Å². The van der Waals surface area contributed by atoms with Gasteiger partial charge in [0, 0.05) is 0 Å². The van der Waals surface area contributed by atoms with Gasteiger partial charge in [-0.1, -0.05) is 328 Å². The maximum atomic E-state index is 5.42. The maximum Gasteiger partial charge on any atom is 0.118 e. The first-order valence-corrected chi connectivity index (χ1v) is 34.2. The van der Waals surface area contributed by atoms with Crippen LogP contribution in [0.5, 0.6) is 11.5 Å². The molecule has 18 rings (SSSR count). The van der Waals surface area contributed by atoms with Gasteiger partial charge in [-0.3, -0.25) is 0 Å². The topological polar surface area (TPSA) is 18.5 Å². The SMILES string of the molecule is COc1ccc(-c2ccc3c(-c4ccccc4)c4ccc(-c5ccc(OC)cc5)cc4c(-c4ccccc4)c3c2)cc1.c1ccc(-c2c3ccc(-c4ccc(-c5cccc6ccccc56)cc4)cc3c(-c3ccccc3)c3cc(-c4ccc(-c5cccc6ccccc56)cc4)ccc23)cc1. The lowest BCUT2D eigenvalue weighted by atomic mass is 9.83. The smallest absolute Gasteiger partial charge is 0.118 e. The van der Waals surface area contributed by atoms with Crippen LogP contribution in [0.3, 0.4) is 0 Å². The Kier molecular flexibility index (Phi) is 16.2. The highest BCUT2D eigenvalue weighted by Gasteiger charge is 2.22. The van der Waals surface area contributed by atoms with E-state index in [1.165, 1.54) is 165 Å². The summed E-state index contributed by atoms with van der Waals surface area (Å²) in [5.74, 6) is 1.71. The summed E-state index contributed by atoms with van der Waals surface area (Å²) >= 11 is 0. The van der Waals surface area contributed by atoms with Crippen molar-refractivity contribution in [1.29, 1.82) is 0 Å². The Morgan fingerprint density at radius 2 is 0.380 bits per heavy atom. The van der Waals surface area contributed by atoms with Crippen molar-refractivity contribution in [1.82, 2.24) is 0 Å². The number of methoxy groups -OCH3 is 2. The Hall–Kier alpha value is -12.9. The van der Waals surface area contributed by atoms with E-state index in [-0.39, 0.29) is 0 Å². The Morgan fingerprint density at radius 1 is 0.150 bits per heavy atom. The predicted octanol–water partition coefficient (Wildman–Crippen LogP) is 27.0. The Morgan fingerprint density at radius 3 is 0.670 bits per heavy atom. The molecule has 0 atom stereocenters. The molecule has 0 aliphatic carbocycles. The van der Waals surface area contributed by atoms with Crippen LogP contribution in [0.25, 0.3) is 176 Å². The molecule has 0 fully saturated rings. The molecule has 18 aromatic carbocycles. The third kappa shape index (κ3) is 11.5. The normalized spacial score (nSPS) is 11.3. The van der Waals surface area contributed by atoms with E-state index < -0.39 is 0 Å². The Balaban J connectivity index is 0.000000158. The molecule has 0 spiro atoms. The molecule has 0 aromatic heterocycles. The first kappa shape index (κ1) is 60.8. The second-order valence-electron chi connectivity index (χ2n) is 25.7. The summed E-state index contributed by atoms with van der Waals surface area (Å²) in [4.78, 5) is 0. The van der Waals surface area contributed by atoms with Gasteiger partial charge in [-0.05, 0) is 224 Å². The van der Waals surface area contributed by atoms with Gasteiger partial charge in [-0.2, -0.15) is 0 Å². The van der Waals surface area contributed by atoms with Gasteiger partial charge in [0.05, 0.1) is 14.2 Å². The van der Waals surface area contributed by atoms with Crippen LogP contribution in [0.15, 0.2) is 376 Å². The van der Waals surface area contributed by atoms with Crippen molar-refractivity contribution in [2.45, 2.75) is 0 Å². The molecule has 2 heteroatoms. The van der Waals surface area contributed by atoms with Crippen LogP contribution in [0.1, 0.15) is 0 Å². The fourth-order valence-electron chi connectivity index (χ4n) is 15.0. The van der Waals surface area contributed by atoms with Crippen molar-refractivity contribution < 1.29 is 9.47 Å². The summed E-state index contributed by atoms with van der Waals surface area (Å²) < 4.78 is 10.8. The van der Waals surface area contributed by atoms with Gasteiger partial charge >= 0.3 is 0 Å². The molecule has 18 aromatic rings. The highest BCUT2D eigenvalue weighted by molar-refractivity contribution is 6.24. The van der Waals surface area contributed by atoms with Crippen molar-refractivity contribution in [2.24, 2.45) is 0 Å². The zero-order chi connectivity index (χ0) is 66.9. The molecule has 0 amide bonds. The van der Waals surface area contributed by atoms with E-state index in [4.69, 9.17) is 9.47 Å². The summed E-state index contributed by atoms with van der Waals surface area (Å²) in [6.07, 6.45) is 0. The monoisotopic (exact) mass is 1280 g/mol. The lowest BCUT2D eigenvalue weighted by Gasteiger charge is -2.20. The molecule has 0 saturated heterocycles. The molecular weight excluding hydrogens is 1210 g/mol. The number of ether oxygens (including phenoxy) is 2. The minimum absolute atomic E-state index is 0.855. The lowest BCUT2D eigenvalue weighted by molar-refractivity contribution is 0.415. The summed E-state index contributed by atoms with van der Waals surface area (Å²) in [6.45, 7) is 0. The van der Waals surface area contributed by atoms with Gasteiger partial charge in [0.25, 0.3) is 0 Å². The van der Waals surface area contributed by atoms with Crippen LogP contribution in [0.2, 0.25) is 0 Å². The number of hydrogen-bond acceptors (Lipinski definition) is 2. The Bertz CT molecular complexity index is 5720. The molecule has 0 saturated carbocycles. The summed E-state index contributed by atoms with van der Waals surface area (Å²) in [6, 6.07) is 136. The highest BCUT2D eigenvalue weighted by atomic mass is 16.5. The molecule has 2 nitrogen and oxygen atoms in total. The van der Waals surface area contributed by atoms with Gasteiger partial charge in [-0.25, -0.2) is 0 Å². The number of hydrogen-bond donors (Lipinski definition) is 0. The molecule has 0 aliphatic heterocycles. The molecule has 0 aliphatic rings. The molecule has 0 N–H and O–H groups in total. The first-order chi connectivity index (χ1) is 49.5. The number of benzene rings is 18. The fourth-order valence-corrected chi connectivity index (χ4v) is 15.0. The molecule has 0 radical (unpaired) electrons. The quantitative estimate of drug-likeness (QED) is 0.114. The van der Waals surface area contributed by atoms with E-state index in [0.29, 0.717) is 0 Å². The number of fused-ring (bicyclic) bond motifs is 6. The van der Waals surface area contributed by atoms with Gasteiger partial charge in [-0.15, -0.1) is 0 Å². The summed E-state index contributed by atoms with van der Waals surface area (Å²) in [5, 5.41) is 15.0. The third-order valence-corrected chi connectivity index (χ3v) is 20.0. The van der Waals surface area contributed by atoms with Crippen molar-refractivity contribution in [3.05, 3.63) is 376 Å². The van der Waals surface area contributed by atoms with Gasteiger partial charge < -0.3 is 9.47 Å². The van der Waals surface area contributed by atoms with E-state index >= 15 is 0 Å². The first-order valence-electron chi connectivity index (χ1n) is 34.2. The van der Waals surface area contributed by atoms with E-state index in [0.717, 1.165) is 22.6 Å². The zero-order valence-electron chi connectivity index (χ0n) is 55.6. The summed E-state index contributed by atoms with van der Waals surface area (Å²) in [7, 11) is 3.40. The molecule has 472 valence electrons. The Labute approximate surface area is 583 Å². The minimum Gasteiger partial charge on any atom is -0.497 e. The standard InChI is InChI=1S/C58H38.C40H30O2/c1-3-15-45(16-4-1)57-53-35-33-47(39-25-29-43(30-26-39)51-23-11-19-41-13-7-9-21-49(41)51)37-55(53)58(46-17-5-2-6-18-46)56-38-48(34-36-54(56)57)40-27-31-44(32-28-40)52-24-12-20-42-14-8-10-22-50(42)52;1-41-33-19-13-27(14-20-33)31-17-23-35-37(25-31)40(30-11-7-4-8-12-30)38-26-32(28-15-21-34(42-2)22-16-28)18-24-36(38)39(35)29-9-5-3-6-10-29/h1-38H;3-26H,1-2H3. The van der Waals surface area contributed by atoms with Crippen LogP contribution in [0.4, 0.5) is 0 Å². The molecule has 0 unspecified atom stereocenters. The second kappa shape index (κ2) is 26.6. The third-order valence-electron chi connectivity index (χ3n) is 20.0. The van der Waals surface area contributed by atoms with Crippen LogP contribution in [-0.4, -0.2) is 14.2 Å². The fraction of sp³-hybridized carbons (Fsp3) is 0.0204. The van der Waals surface area contributed by atoms with Gasteiger partial charge in [0.15, 0.2) is 0 Å². The van der Waals surface area contributed by atoms with E-state index in [2.05, 4.69) is 352 Å². The van der Waals surface area contributed by atoms with Crippen LogP contribution < -0.4 is 9.47 Å². The van der Waals surface area contributed by atoms with Crippen LogP contribution in [-0.2, 0) is 0 Å². The lowest BCUT2D eigenvalue weighted by Crippen LogP contribution is -1.92. The molecular formula is C98H68O2. The van der Waals surface area contributed by atoms with Crippen molar-refractivity contribution in [3.8, 4) is 123 Å². The molecule has 0 bridgehead atoms. The predicted molar refractivity (Wildman–Crippen MR) is 425 cm³/mol. The van der Waals surface area contributed by atoms with E-state index in [9.17, 15) is 0 Å².